The smallest absolute Gasteiger partial charge is 0.341 e. The number of benzene rings is 1. The maximum atomic E-state index is 12.7. The molecule has 0 bridgehead atoms. The SMILES string of the molecule is CCCCCCCCCCS(=O)(=O)NC1C(O)CC2Oc3c(OCC(=O)O)cccc3C21. The summed E-state index contributed by atoms with van der Waals surface area (Å²) in [7, 11) is -3.55. The minimum absolute atomic E-state index is 0.0397. The number of rotatable bonds is 14. The summed E-state index contributed by atoms with van der Waals surface area (Å²) in [5.74, 6) is -0.653. The molecule has 4 atom stereocenters. The zero-order valence-corrected chi connectivity index (χ0v) is 19.5. The maximum absolute atomic E-state index is 12.7. The van der Waals surface area contributed by atoms with E-state index >= 15 is 0 Å². The van der Waals surface area contributed by atoms with Gasteiger partial charge in [0.1, 0.15) is 6.10 Å². The largest absolute Gasteiger partial charge is 0.485 e. The lowest BCUT2D eigenvalue weighted by Crippen LogP contribution is -2.44. The normalized spacial score (nSPS) is 24.1. The first-order chi connectivity index (χ1) is 15.3. The highest BCUT2D eigenvalue weighted by molar-refractivity contribution is 7.89. The van der Waals surface area contributed by atoms with E-state index in [0.717, 1.165) is 24.8 Å². The summed E-state index contributed by atoms with van der Waals surface area (Å²) in [6.07, 6.45) is 7.62. The quantitative estimate of drug-likeness (QED) is 0.358. The second-order valence-electron chi connectivity index (χ2n) is 8.78. The summed E-state index contributed by atoms with van der Waals surface area (Å²) in [6.45, 7) is 1.69. The van der Waals surface area contributed by atoms with Crippen molar-refractivity contribution >= 4 is 16.0 Å². The molecule has 180 valence electrons. The van der Waals surface area contributed by atoms with Crippen molar-refractivity contribution in [2.45, 2.75) is 88.9 Å². The molecule has 0 aromatic heterocycles. The first kappa shape index (κ1) is 24.8. The Morgan fingerprint density at radius 1 is 1.16 bits per heavy atom. The van der Waals surface area contributed by atoms with E-state index in [1.54, 1.807) is 12.1 Å². The van der Waals surface area contributed by atoms with Crippen molar-refractivity contribution in [1.29, 1.82) is 0 Å². The Labute approximate surface area is 190 Å². The van der Waals surface area contributed by atoms with E-state index in [2.05, 4.69) is 11.6 Å². The van der Waals surface area contributed by atoms with E-state index in [0.29, 0.717) is 24.3 Å². The highest BCUT2D eigenvalue weighted by Gasteiger charge is 2.51. The van der Waals surface area contributed by atoms with Crippen molar-refractivity contribution in [3.63, 3.8) is 0 Å². The van der Waals surface area contributed by atoms with Crippen LogP contribution in [-0.4, -0.2) is 55.2 Å². The number of nitrogens with one attached hydrogen (secondary N) is 1. The molecular formula is C23H35NO7S. The molecule has 1 aliphatic carbocycles. The lowest BCUT2D eigenvalue weighted by Gasteiger charge is -2.22. The van der Waals surface area contributed by atoms with Crippen LogP contribution < -0.4 is 14.2 Å². The maximum Gasteiger partial charge on any atom is 0.341 e. The summed E-state index contributed by atoms with van der Waals surface area (Å²) < 4.78 is 39.4. The first-order valence-electron chi connectivity index (χ1n) is 11.6. The van der Waals surface area contributed by atoms with Gasteiger partial charge in [-0.1, -0.05) is 64.0 Å². The topological polar surface area (TPSA) is 122 Å². The molecule has 3 rings (SSSR count). The number of hydrogen-bond acceptors (Lipinski definition) is 6. The predicted molar refractivity (Wildman–Crippen MR) is 121 cm³/mol. The standard InChI is InChI=1S/C23H35NO7S/c1-2-3-4-5-6-7-8-9-13-32(28,29)24-22-17(25)14-19-21(22)16-11-10-12-18(23(16)31-19)30-15-20(26)27/h10-12,17,19,21-22,24-25H,2-9,13-15H2,1H3,(H,26,27). The number of ether oxygens (including phenoxy) is 2. The number of para-hydroxylation sites is 1. The summed E-state index contributed by atoms with van der Waals surface area (Å²) in [4.78, 5) is 10.8. The van der Waals surface area contributed by atoms with Crippen LogP contribution in [0.15, 0.2) is 18.2 Å². The number of aliphatic hydroxyl groups is 1. The van der Waals surface area contributed by atoms with Gasteiger partial charge in [0, 0.05) is 17.9 Å². The number of sulfonamides is 1. The van der Waals surface area contributed by atoms with Gasteiger partial charge in [-0.25, -0.2) is 17.9 Å². The van der Waals surface area contributed by atoms with Crippen LogP contribution in [0.1, 0.15) is 76.2 Å². The molecule has 9 heteroatoms. The molecule has 1 aromatic carbocycles. The molecule has 0 saturated heterocycles. The third kappa shape index (κ3) is 6.36. The van der Waals surface area contributed by atoms with Crippen LogP contribution in [0.4, 0.5) is 0 Å². The molecular weight excluding hydrogens is 434 g/mol. The fourth-order valence-corrected chi connectivity index (χ4v) is 6.11. The summed E-state index contributed by atoms with van der Waals surface area (Å²) in [5, 5.41) is 19.4. The average molecular weight is 470 g/mol. The highest BCUT2D eigenvalue weighted by Crippen LogP contribution is 2.51. The number of fused-ring (bicyclic) bond motifs is 3. The van der Waals surface area contributed by atoms with Crippen molar-refractivity contribution in [2.24, 2.45) is 0 Å². The molecule has 2 aliphatic rings. The van der Waals surface area contributed by atoms with Gasteiger partial charge in [-0.15, -0.1) is 0 Å². The number of carbonyl (C=O) groups is 1. The van der Waals surface area contributed by atoms with E-state index < -0.39 is 34.7 Å². The van der Waals surface area contributed by atoms with Gasteiger partial charge in [0.05, 0.1) is 17.9 Å². The number of carboxylic acid groups (broad SMARTS) is 1. The highest BCUT2D eigenvalue weighted by atomic mass is 32.2. The van der Waals surface area contributed by atoms with E-state index in [1.807, 2.05) is 6.07 Å². The van der Waals surface area contributed by atoms with Crippen LogP contribution in [0.25, 0.3) is 0 Å². The van der Waals surface area contributed by atoms with Crippen molar-refractivity contribution < 1.29 is 32.9 Å². The monoisotopic (exact) mass is 469 g/mol. The fourth-order valence-electron chi connectivity index (χ4n) is 4.69. The minimum atomic E-state index is -3.55. The van der Waals surface area contributed by atoms with Crippen LogP contribution in [0.5, 0.6) is 11.5 Å². The van der Waals surface area contributed by atoms with E-state index in [4.69, 9.17) is 14.6 Å². The number of aliphatic carboxylic acids is 1. The summed E-state index contributed by atoms with van der Waals surface area (Å²) in [6, 6.07) is 4.47. The lowest BCUT2D eigenvalue weighted by atomic mass is 9.94. The van der Waals surface area contributed by atoms with Crippen LogP contribution in [-0.2, 0) is 14.8 Å². The molecule has 32 heavy (non-hydrogen) atoms. The average Bonchev–Trinajstić information content (AvgIpc) is 3.24. The fraction of sp³-hybridized carbons (Fsp3) is 0.696. The Hall–Kier alpha value is -1.84. The molecule has 1 aromatic rings. The zero-order valence-electron chi connectivity index (χ0n) is 18.7. The molecule has 1 saturated carbocycles. The molecule has 0 amide bonds. The number of hydrogen-bond donors (Lipinski definition) is 3. The van der Waals surface area contributed by atoms with Crippen LogP contribution in [0, 0.1) is 0 Å². The van der Waals surface area contributed by atoms with Crippen molar-refractivity contribution in [2.75, 3.05) is 12.4 Å². The van der Waals surface area contributed by atoms with Gasteiger partial charge in [0.15, 0.2) is 18.1 Å². The Kier molecular flexibility index (Phi) is 8.79. The van der Waals surface area contributed by atoms with Crippen molar-refractivity contribution in [3.8, 4) is 11.5 Å². The van der Waals surface area contributed by atoms with Crippen molar-refractivity contribution in [1.82, 2.24) is 4.72 Å². The van der Waals surface area contributed by atoms with Gasteiger partial charge in [0.2, 0.25) is 10.0 Å². The van der Waals surface area contributed by atoms with E-state index in [-0.39, 0.29) is 17.8 Å². The van der Waals surface area contributed by atoms with E-state index in [1.165, 1.54) is 25.7 Å². The first-order valence-corrected chi connectivity index (χ1v) is 13.3. The Morgan fingerprint density at radius 3 is 2.53 bits per heavy atom. The molecule has 1 heterocycles. The van der Waals surface area contributed by atoms with Crippen LogP contribution >= 0.6 is 0 Å². The number of carboxylic acids is 1. The second kappa shape index (κ2) is 11.3. The second-order valence-corrected chi connectivity index (χ2v) is 10.7. The lowest BCUT2D eigenvalue weighted by molar-refractivity contribution is -0.139. The van der Waals surface area contributed by atoms with Crippen molar-refractivity contribution in [3.05, 3.63) is 23.8 Å². The number of unbranched alkanes of at least 4 members (excludes halogenated alkanes) is 7. The molecule has 8 nitrogen and oxygen atoms in total. The molecule has 1 fully saturated rings. The minimum Gasteiger partial charge on any atom is -0.485 e. The Morgan fingerprint density at radius 2 is 1.84 bits per heavy atom. The molecule has 0 spiro atoms. The van der Waals surface area contributed by atoms with Crippen LogP contribution in [0.3, 0.4) is 0 Å². The molecule has 3 N–H and O–H groups in total. The van der Waals surface area contributed by atoms with Gasteiger partial charge in [-0.2, -0.15) is 0 Å². The van der Waals surface area contributed by atoms with Gasteiger partial charge >= 0.3 is 5.97 Å². The van der Waals surface area contributed by atoms with E-state index in [9.17, 15) is 18.3 Å². The molecule has 4 unspecified atom stereocenters. The van der Waals surface area contributed by atoms with Gasteiger partial charge < -0.3 is 19.7 Å². The zero-order chi connectivity index (χ0) is 23.1. The van der Waals surface area contributed by atoms with Gasteiger partial charge in [-0.05, 0) is 12.5 Å². The third-order valence-electron chi connectivity index (χ3n) is 6.25. The van der Waals surface area contributed by atoms with Gasteiger partial charge in [0.25, 0.3) is 0 Å². The summed E-state index contributed by atoms with van der Waals surface area (Å²) >= 11 is 0. The van der Waals surface area contributed by atoms with Gasteiger partial charge in [-0.3, -0.25) is 0 Å². The van der Waals surface area contributed by atoms with Crippen LogP contribution in [0.2, 0.25) is 0 Å². The summed E-state index contributed by atoms with van der Waals surface area (Å²) in [5.41, 5.74) is 0.731. The third-order valence-corrected chi connectivity index (χ3v) is 7.70. The molecule has 1 aliphatic heterocycles. The number of aliphatic hydroxyl groups excluding tert-OH is 1. The molecule has 0 radical (unpaired) electrons. The Bertz CT molecular complexity index is 873. The predicted octanol–water partition coefficient (Wildman–Crippen LogP) is 3.19. The Balaban J connectivity index is 1.56.